The van der Waals surface area contributed by atoms with Gasteiger partial charge in [-0.2, -0.15) is 0 Å². The number of carboxylic acid groups (broad SMARTS) is 1. The fourth-order valence-electron chi connectivity index (χ4n) is 2.23. The first-order valence-corrected chi connectivity index (χ1v) is 6.04. The summed E-state index contributed by atoms with van der Waals surface area (Å²) in [5, 5.41) is 12.4. The lowest BCUT2D eigenvalue weighted by molar-refractivity contribution is 0.112. The van der Waals surface area contributed by atoms with Crippen molar-refractivity contribution in [2.24, 2.45) is 0 Å². The van der Waals surface area contributed by atoms with Crippen LogP contribution in [0, 0.1) is 0 Å². The second kappa shape index (κ2) is 5.73. The summed E-state index contributed by atoms with van der Waals surface area (Å²) in [4.78, 5) is 12.6. The van der Waals surface area contributed by atoms with Crippen molar-refractivity contribution < 1.29 is 14.6 Å². The molecule has 1 atom stereocenters. The number of carbonyl (C=O) groups is 1. The van der Waals surface area contributed by atoms with E-state index in [0.717, 1.165) is 24.3 Å². The SMILES string of the molecule is COc1ccc(CC2CNCCN2C(=O)O)cc1. The normalized spacial score (nSPS) is 19.6. The zero-order valence-corrected chi connectivity index (χ0v) is 10.4. The Balaban J connectivity index is 2.03. The first-order chi connectivity index (χ1) is 8.70. The van der Waals surface area contributed by atoms with E-state index in [1.165, 1.54) is 4.90 Å². The van der Waals surface area contributed by atoms with Crippen molar-refractivity contribution in [1.82, 2.24) is 10.2 Å². The zero-order valence-electron chi connectivity index (χ0n) is 10.4. The molecule has 1 amide bonds. The van der Waals surface area contributed by atoms with Crippen LogP contribution in [-0.4, -0.2) is 48.9 Å². The van der Waals surface area contributed by atoms with Gasteiger partial charge in [0.2, 0.25) is 0 Å². The molecule has 0 saturated carbocycles. The van der Waals surface area contributed by atoms with Crippen LogP contribution in [0.2, 0.25) is 0 Å². The van der Waals surface area contributed by atoms with Crippen LogP contribution < -0.4 is 10.1 Å². The van der Waals surface area contributed by atoms with Gasteiger partial charge in [-0.1, -0.05) is 12.1 Å². The first-order valence-electron chi connectivity index (χ1n) is 6.04. The van der Waals surface area contributed by atoms with E-state index in [4.69, 9.17) is 9.84 Å². The lowest BCUT2D eigenvalue weighted by atomic mass is 10.0. The summed E-state index contributed by atoms with van der Waals surface area (Å²) < 4.78 is 5.10. The lowest BCUT2D eigenvalue weighted by Crippen LogP contribution is -2.54. The van der Waals surface area contributed by atoms with Crippen molar-refractivity contribution in [1.29, 1.82) is 0 Å². The van der Waals surface area contributed by atoms with Crippen molar-refractivity contribution in [3.8, 4) is 5.75 Å². The van der Waals surface area contributed by atoms with Gasteiger partial charge in [-0.25, -0.2) is 4.79 Å². The molecule has 5 heteroatoms. The highest BCUT2D eigenvalue weighted by Gasteiger charge is 2.26. The van der Waals surface area contributed by atoms with Crippen molar-refractivity contribution in [3.05, 3.63) is 29.8 Å². The monoisotopic (exact) mass is 250 g/mol. The molecule has 1 aliphatic rings. The Kier molecular flexibility index (Phi) is 4.04. The van der Waals surface area contributed by atoms with Crippen LogP contribution in [0.25, 0.3) is 0 Å². The molecular weight excluding hydrogens is 232 g/mol. The maximum absolute atomic E-state index is 11.1. The Morgan fingerprint density at radius 2 is 2.22 bits per heavy atom. The maximum atomic E-state index is 11.1. The molecule has 1 fully saturated rings. The van der Waals surface area contributed by atoms with Gasteiger partial charge in [0.25, 0.3) is 0 Å². The summed E-state index contributed by atoms with van der Waals surface area (Å²) in [6, 6.07) is 7.76. The van der Waals surface area contributed by atoms with Gasteiger partial charge in [0, 0.05) is 19.6 Å². The summed E-state index contributed by atoms with van der Waals surface area (Å²) in [7, 11) is 1.63. The predicted molar refractivity (Wildman–Crippen MR) is 68.1 cm³/mol. The van der Waals surface area contributed by atoms with Gasteiger partial charge >= 0.3 is 6.09 Å². The molecule has 1 saturated heterocycles. The average Bonchev–Trinajstić information content (AvgIpc) is 2.40. The number of ether oxygens (including phenoxy) is 1. The molecule has 1 aliphatic heterocycles. The molecular formula is C13H18N2O3. The highest BCUT2D eigenvalue weighted by molar-refractivity contribution is 5.65. The van der Waals surface area contributed by atoms with Gasteiger partial charge in [0.05, 0.1) is 13.2 Å². The Morgan fingerprint density at radius 1 is 1.50 bits per heavy atom. The predicted octanol–water partition coefficient (Wildman–Crippen LogP) is 1.19. The number of methoxy groups -OCH3 is 1. The molecule has 18 heavy (non-hydrogen) atoms. The highest BCUT2D eigenvalue weighted by atomic mass is 16.5. The van der Waals surface area contributed by atoms with Gasteiger partial charge in [-0.15, -0.1) is 0 Å². The quantitative estimate of drug-likeness (QED) is 0.846. The molecule has 5 nitrogen and oxygen atoms in total. The van der Waals surface area contributed by atoms with Gasteiger partial charge in [0.1, 0.15) is 5.75 Å². The second-order valence-electron chi connectivity index (χ2n) is 4.39. The Bertz CT molecular complexity index is 405. The van der Waals surface area contributed by atoms with E-state index in [1.807, 2.05) is 24.3 Å². The summed E-state index contributed by atoms with van der Waals surface area (Å²) in [6.07, 6.45) is -0.112. The number of hydrogen-bond acceptors (Lipinski definition) is 3. The van der Waals surface area contributed by atoms with Crippen molar-refractivity contribution in [2.45, 2.75) is 12.5 Å². The van der Waals surface area contributed by atoms with Crippen LogP contribution >= 0.6 is 0 Å². The third-order valence-electron chi connectivity index (χ3n) is 3.23. The van der Waals surface area contributed by atoms with E-state index in [2.05, 4.69) is 5.32 Å². The van der Waals surface area contributed by atoms with Crippen LogP contribution in [0.5, 0.6) is 5.75 Å². The first kappa shape index (κ1) is 12.7. The van der Waals surface area contributed by atoms with Crippen molar-refractivity contribution in [3.63, 3.8) is 0 Å². The Labute approximate surface area is 106 Å². The van der Waals surface area contributed by atoms with Crippen LogP contribution in [-0.2, 0) is 6.42 Å². The number of nitrogens with one attached hydrogen (secondary N) is 1. The largest absolute Gasteiger partial charge is 0.497 e. The summed E-state index contributed by atoms with van der Waals surface area (Å²) >= 11 is 0. The maximum Gasteiger partial charge on any atom is 0.407 e. The van der Waals surface area contributed by atoms with E-state index < -0.39 is 6.09 Å². The van der Waals surface area contributed by atoms with Gasteiger partial charge < -0.3 is 20.1 Å². The summed E-state index contributed by atoms with van der Waals surface area (Å²) in [5.41, 5.74) is 1.12. The molecule has 1 unspecified atom stereocenters. The number of hydrogen-bond donors (Lipinski definition) is 2. The van der Waals surface area contributed by atoms with E-state index in [-0.39, 0.29) is 6.04 Å². The minimum Gasteiger partial charge on any atom is -0.497 e. The number of amides is 1. The molecule has 0 bridgehead atoms. The average molecular weight is 250 g/mol. The molecule has 2 rings (SSSR count). The van der Waals surface area contributed by atoms with Crippen molar-refractivity contribution in [2.75, 3.05) is 26.7 Å². The minimum absolute atomic E-state index is 0.00430. The van der Waals surface area contributed by atoms with Gasteiger partial charge in [-0.3, -0.25) is 0 Å². The highest BCUT2D eigenvalue weighted by Crippen LogP contribution is 2.15. The molecule has 0 radical (unpaired) electrons. The van der Waals surface area contributed by atoms with E-state index in [9.17, 15) is 4.79 Å². The summed E-state index contributed by atoms with van der Waals surface area (Å²) in [6.45, 7) is 1.99. The molecule has 2 N–H and O–H groups in total. The van der Waals surface area contributed by atoms with Crippen LogP contribution in [0.15, 0.2) is 24.3 Å². The zero-order chi connectivity index (χ0) is 13.0. The topological polar surface area (TPSA) is 61.8 Å². The van der Waals surface area contributed by atoms with Gasteiger partial charge in [-0.05, 0) is 24.1 Å². The van der Waals surface area contributed by atoms with Crippen LogP contribution in [0.3, 0.4) is 0 Å². The number of piperazine rings is 1. The molecule has 1 heterocycles. The smallest absolute Gasteiger partial charge is 0.407 e. The fraction of sp³-hybridized carbons (Fsp3) is 0.462. The molecule has 1 aromatic rings. The van der Waals surface area contributed by atoms with E-state index in [0.29, 0.717) is 13.1 Å². The lowest BCUT2D eigenvalue weighted by Gasteiger charge is -2.34. The van der Waals surface area contributed by atoms with Crippen molar-refractivity contribution >= 4 is 6.09 Å². The standard InChI is InChI=1S/C13H18N2O3/c1-18-12-4-2-10(3-5-12)8-11-9-14-6-7-15(11)13(16)17/h2-5,11,14H,6-9H2,1H3,(H,16,17). The van der Waals surface area contributed by atoms with E-state index in [1.54, 1.807) is 7.11 Å². The Hall–Kier alpha value is -1.75. The number of nitrogens with zero attached hydrogens (tertiary/aromatic N) is 1. The van der Waals surface area contributed by atoms with Gasteiger partial charge in [0.15, 0.2) is 0 Å². The summed E-state index contributed by atoms with van der Waals surface area (Å²) in [5.74, 6) is 0.815. The molecule has 98 valence electrons. The van der Waals surface area contributed by atoms with Crippen LogP contribution in [0.4, 0.5) is 4.79 Å². The van der Waals surface area contributed by atoms with E-state index >= 15 is 0 Å². The molecule has 0 aromatic heterocycles. The minimum atomic E-state index is -0.838. The molecule has 1 aromatic carbocycles. The third kappa shape index (κ3) is 2.92. The fourth-order valence-corrected chi connectivity index (χ4v) is 2.23. The second-order valence-corrected chi connectivity index (χ2v) is 4.39. The Morgan fingerprint density at radius 3 is 2.83 bits per heavy atom. The third-order valence-corrected chi connectivity index (χ3v) is 3.23. The van der Waals surface area contributed by atoms with Crippen LogP contribution in [0.1, 0.15) is 5.56 Å². The number of benzene rings is 1. The molecule has 0 spiro atoms. The number of rotatable bonds is 3. The molecule has 0 aliphatic carbocycles.